The molecule has 0 spiro atoms. The van der Waals surface area contributed by atoms with Crippen molar-refractivity contribution in [1.29, 1.82) is 0 Å². The lowest BCUT2D eigenvalue weighted by molar-refractivity contribution is -0.121. The molecule has 182 valence electrons. The van der Waals surface area contributed by atoms with Gasteiger partial charge in [-0.15, -0.1) is 0 Å². The third-order valence-corrected chi connectivity index (χ3v) is 5.68. The normalized spacial score (nSPS) is 11.7. The Bertz CT molecular complexity index is 1230. The van der Waals surface area contributed by atoms with Crippen LogP contribution in [0, 0.1) is 20.8 Å². The maximum atomic E-state index is 13.0. The van der Waals surface area contributed by atoms with Crippen LogP contribution in [0.3, 0.4) is 0 Å². The van der Waals surface area contributed by atoms with E-state index in [-0.39, 0.29) is 41.7 Å². The zero-order valence-electron chi connectivity index (χ0n) is 20.1. The number of aryl methyl sites for hydroxylation is 3. The Kier molecular flexibility index (Phi) is 7.50. The molecule has 0 aliphatic carbocycles. The summed E-state index contributed by atoms with van der Waals surface area (Å²) in [6.07, 6.45) is -0.164. The molecule has 1 atom stereocenters. The van der Waals surface area contributed by atoms with E-state index in [0.717, 1.165) is 17.0 Å². The highest BCUT2D eigenvalue weighted by Crippen LogP contribution is 2.45. The number of hydrogen-bond acceptors (Lipinski definition) is 8. The molecule has 0 fully saturated rings. The van der Waals surface area contributed by atoms with Gasteiger partial charge in [-0.25, -0.2) is 4.79 Å². The number of H-pyrrole nitrogens is 1. The van der Waals surface area contributed by atoms with E-state index in [4.69, 9.17) is 18.6 Å². The number of hydrogen-bond donors (Lipinski definition) is 3. The van der Waals surface area contributed by atoms with Crippen LogP contribution in [0.2, 0.25) is 0 Å². The Labute approximate surface area is 196 Å². The summed E-state index contributed by atoms with van der Waals surface area (Å²) in [5.41, 5.74) is 2.18. The first kappa shape index (κ1) is 24.7. The number of nitrogens with one attached hydrogen (secondary N) is 2. The molecule has 3 aromatic rings. The number of carbonyl (C=O) groups excluding carboxylic acids is 1. The van der Waals surface area contributed by atoms with Gasteiger partial charge in [0.1, 0.15) is 11.5 Å². The Hall–Kier alpha value is -3.95. The maximum Gasteiger partial charge on any atom is 0.343 e. The van der Waals surface area contributed by atoms with Crippen LogP contribution in [-0.2, 0) is 11.3 Å². The molecule has 0 aliphatic heterocycles. The molecule has 0 saturated heterocycles. The van der Waals surface area contributed by atoms with E-state index in [1.807, 2.05) is 13.8 Å². The summed E-state index contributed by atoms with van der Waals surface area (Å²) in [5.74, 6) is -0.268. The number of nitrogens with zero attached hydrogens (tertiary/aromatic N) is 1. The highest BCUT2D eigenvalue weighted by molar-refractivity contribution is 5.78. The predicted octanol–water partition coefficient (Wildman–Crippen LogP) is 2.86. The minimum absolute atomic E-state index is 0.0538. The van der Waals surface area contributed by atoms with E-state index in [1.54, 1.807) is 19.1 Å². The average molecular weight is 472 g/mol. The molecular weight excluding hydrogens is 442 g/mol. The molecule has 10 heteroatoms. The predicted molar refractivity (Wildman–Crippen MR) is 124 cm³/mol. The van der Waals surface area contributed by atoms with E-state index in [9.17, 15) is 14.7 Å². The van der Waals surface area contributed by atoms with Crippen molar-refractivity contribution in [2.45, 2.75) is 39.7 Å². The molecule has 0 radical (unpaired) electrons. The summed E-state index contributed by atoms with van der Waals surface area (Å²) in [7, 11) is 4.39. The molecule has 1 unspecified atom stereocenters. The molecule has 2 heterocycles. The lowest BCUT2D eigenvalue weighted by atomic mass is 9.87. The molecule has 0 saturated carbocycles. The fourth-order valence-corrected chi connectivity index (χ4v) is 3.97. The Morgan fingerprint density at radius 2 is 1.85 bits per heavy atom. The van der Waals surface area contributed by atoms with Crippen LogP contribution in [0.5, 0.6) is 23.0 Å². The molecule has 34 heavy (non-hydrogen) atoms. The summed E-state index contributed by atoms with van der Waals surface area (Å²) in [5, 5.41) is 20.5. The Morgan fingerprint density at radius 1 is 1.15 bits per heavy atom. The van der Waals surface area contributed by atoms with Crippen molar-refractivity contribution >= 4 is 5.91 Å². The fraction of sp³-hybridized carbons (Fsp3) is 0.375. The third-order valence-electron chi connectivity index (χ3n) is 5.68. The molecule has 3 N–H and O–H groups in total. The van der Waals surface area contributed by atoms with Crippen molar-refractivity contribution in [3.63, 3.8) is 0 Å². The van der Waals surface area contributed by atoms with Gasteiger partial charge in [-0.2, -0.15) is 5.10 Å². The SMILES string of the molecule is COc1ccc(C(CC(=O)NCc2c(C)n[nH]c2C)c2c(O)cc(C)oc2=O)c(OC)c1OC. The van der Waals surface area contributed by atoms with Crippen LogP contribution in [-0.4, -0.2) is 42.5 Å². The highest BCUT2D eigenvalue weighted by Gasteiger charge is 2.30. The number of aromatic amines is 1. The van der Waals surface area contributed by atoms with Gasteiger partial charge in [0, 0.05) is 41.8 Å². The molecule has 2 aromatic heterocycles. The van der Waals surface area contributed by atoms with Crippen LogP contribution in [0.15, 0.2) is 27.4 Å². The second-order valence-corrected chi connectivity index (χ2v) is 7.81. The quantitative estimate of drug-likeness (QED) is 0.433. The average Bonchev–Trinajstić information content (AvgIpc) is 3.12. The van der Waals surface area contributed by atoms with Crippen molar-refractivity contribution in [3.8, 4) is 23.0 Å². The number of methoxy groups -OCH3 is 3. The first-order chi connectivity index (χ1) is 16.2. The zero-order chi connectivity index (χ0) is 25.0. The molecule has 3 rings (SSSR count). The van der Waals surface area contributed by atoms with Gasteiger partial charge in [-0.05, 0) is 26.8 Å². The van der Waals surface area contributed by atoms with Gasteiger partial charge in [-0.3, -0.25) is 9.89 Å². The number of benzene rings is 1. The first-order valence-corrected chi connectivity index (χ1v) is 10.6. The van der Waals surface area contributed by atoms with Crippen molar-refractivity contribution in [2.75, 3.05) is 21.3 Å². The minimum atomic E-state index is -0.891. The summed E-state index contributed by atoms with van der Waals surface area (Å²) in [6, 6.07) is 4.65. The molecular formula is C24H29N3O7. The van der Waals surface area contributed by atoms with Gasteiger partial charge in [0.15, 0.2) is 11.5 Å². The molecule has 1 aromatic carbocycles. The van der Waals surface area contributed by atoms with Gasteiger partial charge < -0.3 is 29.1 Å². The van der Waals surface area contributed by atoms with Crippen molar-refractivity contribution in [3.05, 3.63) is 62.5 Å². The van der Waals surface area contributed by atoms with Crippen LogP contribution in [0.4, 0.5) is 0 Å². The summed E-state index contributed by atoms with van der Waals surface area (Å²) in [6.45, 7) is 5.53. The standard InChI is InChI=1S/C24H29N3O7/c1-12-9-18(28)21(24(30)34-12)16(10-20(29)25-11-17-13(2)26-27-14(17)3)15-7-8-19(31-4)23(33-6)22(15)32-5/h7-9,16,28H,10-11H2,1-6H3,(H,25,29)(H,26,27). The van der Waals surface area contributed by atoms with Crippen LogP contribution >= 0.6 is 0 Å². The third kappa shape index (κ3) is 4.85. The second kappa shape index (κ2) is 10.3. The van der Waals surface area contributed by atoms with Crippen LogP contribution in [0.25, 0.3) is 0 Å². The smallest absolute Gasteiger partial charge is 0.343 e. The Balaban J connectivity index is 2.06. The molecule has 10 nitrogen and oxygen atoms in total. The first-order valence-electron chi connectivity index (χ1n) is 10.6. The maximum absolute atomic E-state index is 13.0. The minimum Gasteiger partial charge on any atom is -0.507 e. The lowest BCUT2D eigenvalue weighted by Gasteiger charge is -2.22. The number of aromatic nitrogens is 2. The van der Waals surface area contributed by atoms with Crippen LogP contribution in [0.1, 0.15) is 46.2 Å². The summed E-state index contributed by atoms with van der Waals surface area (Å²) >= 11 is 0. The monoisotopic (exact) mass is 471 g/mol. The number of rotatable bonds is 9. The van der Waals surface area contributed by atoms with Gasteiger partial charge in [0.05, 0.1) is 32.6 Å². The molecule has 0 bridgehead atoms. The van der Waals surface area contributed by atoms with Gasteiger partial charge in [-0.1, -0.05) is 6.07 Å². The van der Waals surface area contributed by atoms with Crippen molar-refractivity contribution in [1.82, 2.24) is 15.5 Å². The molecule has 1 amide bonds. The number of amides is 1. The zero-order valence-corrected chi connectivity index (χ0v) is 20.1. The van der Waals surface area contributed by atoms with E-state index in [1.165, 1.54) is 27.4 Å². The van der Waals surface area contributed by atoms with Crippen LogP contribution < -0.4 is 25.2 Å². The van der Waals surface area contributed by atoms with E-state index >= 15 is 0 Å². The summed E-state index contributed by atoms with van der Waals surface area (Å²) < 4.78 is 21.6. The number of carbonyl (C=O) groups is 1. The fourth-order valence-electron chi connectivity index (χ4n) is 3.97. The topological polar surface area (TPSA) is 136 Å². The second-order valence-electron chi connectivity index (χ2n) is 7.81. The van der Waals surface area contributed by atoms with E-state index < -0.39 is 11.5 Å². The highest BCUT2D eigenvalue weighted by atomic mass is 16.5. The van der Waals surface area contributed by atoms with Crippen molar-refractivity contribution < 1.29 is 28.5 Å². The van der Waals surface area contributed by atoms with Gasteiger partial charge in [0.2, 0.25) is 11.7 Å². The Morgan fingerprint density at radius 3 is 2.41 bits per heavy atom. The lowest BCUT2D eigenvalue weighted by Crippen LogP contribution is -2.27. The number of ether oxygens (including phenoxy) is 3. The van der Waals surface area contributed by atoms with Gasteiger partial charge in [0.25, 0.3) is 0 Å². The van der Waals surface area contributed by atoms with E-state index in [0.29, 0.717) is 17.1 Å². The molecule has 0 aliphatic rings. The van der Waals surface area contributed by atoms with Gasteiger partial charge >= 0.3 is 5.63 Å². The summed E-state index contributed by atoms with van der Waals surface area (Å²) in [4.78, 5) is 25.8. The number of aromatic hydroxyl groups is 1. The largest absolute Gasteiger partial charge is 0.507 e. The van der Waals surface area contributed by atoms with Crippen molar-refractivity contribution in [2.24, 2.45) is 0 Å². The van der Waals surface area contributed by atoms with E-state index in [2.05, 4.69) is 15.5 Å².